The molecule has 0 heterocycles. The fourth-order valence-corrected chi connectivity index (χ4v) is 2.66. The summed E-state index contributed by atoms with van der Waals surface area (Å²) in [6, 6.07) is 21.4. The number of ether oxygens (including phenoxy) is 2. The molecule has 0 aliphatic rings. The first kappa shape index (κ1) is 15.8. The standard InChI is InChI=1S/C21H18O3/c1-23-19-8-3-15(4-9-19)17-7-12-21(18(13-17)14-22)16-5-10-20(24-2)11-6-16/h3-14H,1-2H3. The zero-order valence-electron chi connectivity index (χ0n) is 13.7. The fraction of sp³-hybridized carbons (Fsp3) is 0.0952. The van der Waals surface area contributed by atoms with Crippen LogP contribution >= 0.6 is 0 Å². The number of carbonyl (C=O) groups excluding carboxylic acids is 1. The Morgan fingerprint density at radius 3 is 1.67 bits per heavy atom. The molecule has 0 saturated heterocycles. The Morgan fingerprint density at radius 1 is 0.667 bits per heavy atom. The van der Waals surface area contributed by atoms with Crippen molar-refractivity contribution in [3.8, 4) is 33.8 Å². The summed E-state index contributed by atoms with van der Waals surface area (Å²) in [5.41, 5.74) is 4.59. The summed E-state index contributed by atoms with van der Waals surface area (Å²) in [5, 5.41) is 0. The number of benzene rings is 3. The van der Waals surface area contributed by atoms with Crippen LogP contribution in [0.15, 0.2) is 66.7 Å². The molecule has 0 unspecified atom stereocenters. The second-order valence-electron chi connectivity index (χ2n) is 5.38. The highest BCUT2D eigenvalue weighted by atomic mass is 16.5. The number of hydrogen-bond donors (Lipinski definition) is 0. The summed E-state index contributed by atoms with van der Waals surface area (Å²) in [6.07, 6.45) is 0.895. The van der Waals surface area contributed by atoms with Gasteiger partial charge in [-0.05, 0) is 52.6 Å². The van der Waals surface area contributed by atoms with E-state index in [-0.39, 0.29) is 0 Å². The predicted octanol–water partition coefficient (Wildman–Crippen LogP) is 4.85. The summed E-state index contributed by atoms with van der Waals surface area (Å²) in [4.78, 5) is 11.6. The quantitative estimate of drug-likeness (QED) is 0.631. The minimum Gasteiger partial charge on any atom is -0.497 e. The lowest BCUT2D eigenvalue weighted by Gasteiger charge is -2.10. The molecule has 0 bridgehead atoms. The fourth-order valence-electron chi connectivity index (χ4n) is 2.66. The van der Waals surface area contributed by atoms with Gasteiger partial charge in [0.05, 0.1) is 14.2 Å². The highest BCUT2D eigenvalue weighted by molar-refractivity contribution is 5.90. The normalized spacial score (nSPS) is 10.2. The van der Waals surface area contributed by atoms with Crippen LogP contribution in [-0.4, -0.2) is 20.5 Å². The maximum Gasteiger partial charge on any atom is 0.150 e. The van der Waals surface area contributed by atoms with E-state index in [1.807, 2.05) is 66.7 Å². The van der Waals surface area contributed by atoms with Crippen LogP contribution in [0.3, 0.4) is 0 Å². The largest absolute Gasteiger partial charge is 0.497 e. The molecule has 120 valence electrons. The number of aldehydes is 1. The number of methoxy groups -OCH3 is 2. The van der Waals surface area contributed by atoms with Gasteiger partial charge < -0.3 is 9.47 Å². The first-order chi connectivity index (χ1) is 11.7. The molecule has 0 aromatic heterocycles. The summed E-state index contributed by atoms with van der Waals surface area (Å²) < 4.78 is 10.4. The van der Waals surface area contributed by atoms with Gasteiger partial charge in [-0.1, -0.05) is 36.4 Å². The van der Waals surface area contributed by atoms with E-state index in [1.165, 1.54) is 0 Å². The van der Waals surface area contributed by atoms with Crippen LogP contribution in [0.25, 0.3) is 22.3 Å². The Morgan fingerprint density at radius 2 is 1.17 bits per heavy atom. The Balaban J connectivity index is 1.99. The van der Waals surface area contributed by atoms with Crippen molar-refractivity contribution in [1.29, 1.82) is 0 Å². The summed E-state index contributed by atoms with van der Waals surface area (Å²) >= 11 is 0. The van der Waals surface area contributed by atoms with Gasteiger partial charge in [0.25, 0.3) is 0 Å². The molecular weight excluding hydrogens is 300 g/mol. The Kier molecular flexibility index (Phi) is 4.62. The van der Waals surface area contributed by atoms with Gasteiger partial charge in [0.2, 0.25) is 0 Å². The SMILES string of the molecule is COc1ccc(-c2ccc(-c3ccc(OC)cc3)c(C=O)c2)cc1. The van der Waals surface area contributed by atoms with E-state index in [0.717, 1.165) is 40.0 Å². The third-order valence-electron chi connectivity index (χ3n) is 4.00. The van der Waals surface area contributed by atoms with Crippen LogP contribution in [0.1, 0.15) is 10.4 Å². The van der Waals surface area contributed by atoms with Crippen molar-refractivity contribution in [3.05, 3.63) is 72.3 Å². The van der Waals surface area contributed by atoms with Crippen LogP contribution in [0.4, 0.5) is 0 Å². The van der Waals surface area contributed by atoms with E-state index in [2.05, 4.69) is 0 Å². The average Bonchev–Trinajstić information content (AvgIpc) is 2.67. The van der Waals surface area contributed by atoms with Crippen molar-refractivity contribution in [2.45, 2.75) is 0 Å². The Bertz CT molecular complexity index is 834. The van der Waals surface area contributed by atoms with Gasteiger partial charge in [0, 0.05) is 5.56 Å². The highest BCUT2D eigenvalue weighted by Crippen LogP contribution is 2.30. The molecule has 0 amide bonds. The number of hydrogen-bond acceptors (Lipinski definition) is 3. The minimum absolute atomic E-state index is 0.661. The molecule has 3 aromatic rings. The molecule has 3 rings (SSSR count). The maximum atomic E-state index is 11.6. The number of carbonyl (C=O) groups is 1. The van der Waals surface area contributed by atoms with Crippen molar-refractivity contribution in [3.63, 3.8) is 0 Å². The topological polar surface area (TPSA) is 35.5 Å². The lowest BCUT2D eigenvalue weighted by Crippen LogP contribution is -1.90. The second-order valence-corrected chi connectivity index (χ2v) is 5.38. The molecule has 0 spiro atoms. The van der Waals surface area contributed by atoms with Gasteiger partial charge >= 0.3 is 0 Å². The Labute approximate surface area is 141 Å². The van der Waals surface area contributed by atoms with Gasteiger partial charge in [-0.15, -0.1) is 0 Å². The molecule has 0 aliphatic carbocycles. The zero-order valence-corrected chi connectivity index (χ0v) is 13.7. The van der Waals surface area contributed by atoms with Crippen molar-refractivity contribution in [1.82, 2.24) is 0 Å². The van der Waals surface area contributed by atoms with E-state index in [9.17, 15) is 4.79 Å². The number of rotatable bonds is 5. The van der Waals surface area contributed by atoms with Crippen LogP contribution in [0, 0.1) is 0 Å². The zero-order chi connectivity index (χ0) is 16.9. The molecule has 0 fully saturated rings. The van der Waals surface area contributed by atoms with Gasteiger partial charge in [0.1, 0.15) is 11.5 Å². The highest BCUT2D eigenvalue weighted by Gasteiger charge is 2.08. The lowest BCUT2D eigenvalue weighted by atomic mass is 9.95. The van der Waals surface area contributed by atoms with E-state index in [0.29, 0.717) is 5.56 Å². The summed E-state index contributed by atoms with van der Waals surface area (Å²) in [7, 11) is 3.28. The molecule has 3 nitrogen and oxygen atoms in total. The van der Waals surface area contributed by atoms with Crippen LogP contribution in [-0.2, 0) is 0 Å². The lowest BCUT2D eigenvalue weighted by molar-refractivity contribution is 0.112. The monoisotopic (exact) mass is 318 g/mol. The predicted molar refractivity (Wildman–Crippen MR) is 95.8 cm³/mol. The summed E-state index contributed by atoms with van der Waals surface area (Å²) in [5.74, 6) is 1.60. The molecular formula is C21H18O3. The van der Waals surface area contributed by atoms with Crippen molar-refractivity contribution < 1.29 is 14.3 Å². The molecule has 0 aliphatic heterocycles. The van der Waals surface area contributed by atoms with Gasteiger partial charge in [-0.25, -0.2) is 0 Å². The van der Waals surface area contributed by atoms with Crippen molar-refractivity contribution >= 4 is 6.29 Å². The third-order valence-corrected chi connectivity index (χ3v) is 4.00. The molecule has 3 heteroatoms. The van der Waals surface area contributed by atoms with E-state index in [1.54, 1.807) is 14.2 Å². The third kappa shape index (κ3) is 3.15. The summed E-state index contributed by atoms with van der Waals surface area (Å²) in [6.45, 7) is 0. The van der Waals surface area contributed by atoms with E-state index in [4.69, 9.17) is 9.47 Å². The maximum absolute atomic E-state index is 11.6. The van der Waals surface area contributed by atoms with Crippen LogP contribution in [0.2, 0.25) is 0 Å². The molecule has 0 atom stereocenters. The van der Waals surface area contributed by atoms with Gasteiger partial charge in [0.15, 0.2) is 6.29 Å². The molecule has 0 radical (unpaired) electrons. The van der Waals surface area contributed by atoms with E-state index < -0.39 is 0 Å². The Hall–Kier alpha value is -3.07. The van der Waals surface area contributed by atoms with Gasteiger partial charge in [-0.2, -0.15) is 0 Å². The first-order valence-electron chi connectivity index (χ1n) is 7.63. The van der Waals surface area contributed by atoms with Crippen LogP contribution in [0.5, 0.6) is 11.5 Å². The van der Waals surface area contributed by atoms with Crippen molar-refractivity contribution in [2.75, 3.05) is 14.2 Å². The molecule has 0 saturated carbocycles. The van der Waals surface area contributed by atoms with Crippen LogP contribution < -0.4 is 9.47 Å². The average molecular weight is 318 g/mol. The second kappa shape index (κ2) is 7.01. The molecule has 0 N–H and O–H groups in total. The van der Waals surface area contributed by atoms with E-state index >= 15 is 0 Å². The van der Waals surface area contributed by atoms with Gasteiger partial charge in [-0.3, -0.25) is 4.79 Å². The minimum atomic E-state index is 0.661. The smallest absolute Gasteiger partial charge is 0.150 e. The van der Waals surface area contributed by atoms with Crippen molar-refractivity contribution in [2.24, 2.45) is 0 Å². The molecule has 24 heavy (non-hydrogen) atoms. The molecule has 3 aromatic carbocycles. The first-order valence-corrected chi connectivity index (χ1v) is 7.63.